The number of anilines is 1. The predicted octanol–water partition coefficient (Wildman–Crippen LogP) is 5.23. The molecule has 0 spiro atoms. The second-order valence-electron chi connectivity index (χ2n) is 8.25. The molecule has 1 N–H and O–H groups in total. The van der Waals surface area contributed by atoms with Gasteiger partial charge in [-0.15, -0.1) is 11.3 Å². The molecule has 1 unspecified atom stereocenters. The Balaban J connectivity index is 1.49. The third-order valence-electron chi connectivity index (χ3n) is 5.90. The minimum atomic E-state index is -0.458. The highest BCUT2D eigenvalue weighted by Crippen LogP contribution is 2.34. The number of hydrogen-bond acceptors (Lipinski definition) is 5. The Kier molecular flexibility index (Phi) is 8.79. The Morgan fingerprint density at radius 1 is 1.22 bits per heavy atom. The molecule has 4 rings (SSSR count). The van der Waals surface area contributed by atoms with E-state index >= 15 is 0 Å². The molecular formula is C26H27ClFN3O4S. The van der Waals surface area contributed by atoms with Gasteiger partial charge in [0.25, 0.3) is 0 Å². The minimum Gasteiger partial charge on any atom is -0.488 e. The first kappa shape index (κ1) is 25.9. The fraction of sp³-hybridized carbons (Fsp3) is 0.308. The summed E-state index contributed by atoms with van der Waals surface area (Å²) >= 11 is 7.66. The third-order valence-corrected chi connectivity index (χ3v) is 7.13. The second kappa shape index (κ2) is 12.2. The van der Waals surface area contributed by atoms with E-state index in [-0.39, 0.29) is 38.0 Å². The van der Waals surface area contributed by atoms with Crippen molar-refractivity contribution in [1.82, 2.24) is 9.80 Å². The molecule has 1 aromatic heterocycles. The highest BCUT2D eigenvalue weighted by atomic mass is 35.5. The first-order valence-electron chi connectivity index (χ1n) is 11.5. The molecule has 7 nitrogen and oxygen atoms in total. The summed E-state index contributed by atoms with van der Waals surface area (Å²) in [5.41, 5.74) is 1.52. The van der Waals surface area contributed by atoms with E-state index < -0.39 is 17.9 Å². The largest absolute Gasteiger partial charge is 0.488 e. The molecule has 3 aromatic rings. The molecule has 2 aromatic carbocycles. The Labute approximate surface area is 218 Å². The van der Waals surface area contributed by atoms with Crippen molar-refractivity contribution >= 4 is 40.6 Å². The number of benzene rings is 2. The number of nitrogens with one attached hydrogen (secondary N) is 1. The number of methoxy groups -OCH3 is 1. The molecule has 36 heavy (non-hydrogen) atoms. The summed E-state index contributed by atoms with van der Waals surface area (Å²) in [5, 5.41) is 5.26. The summed E-state index contributed by atoms with van der Waals surface area (Å²) in [5.74, 6) is -0.554. The number of fused-ring (bicyclic) bond motifs is 1. The average molecular weight is 532 g/mol. The number of amides is 3. The zero-order valence-corrected chi connectivity index (χ0v) is 21.4. The number of urea groups is 1. The van der Waals surface area contributed by atoms with Crippen molar-refractivity contribution in [3.8, 4) is 5.75 Å². The predicted molar refractivity (Wildman–Crippen MR) is 138 cm³/mol. The number of nitrogens with zero attached hydrogens (tertiary/aromatic N) is 2. The monoisotopic (exact) mass is 531 g/mol. The molecule has 2 heterocycles. The van der Waals surface area contributed by atoms with Gasteiger partial charge >= 0.3 is 6.03 Å². The van der Waals surface area contributed by atoms with E-state index in [0.29, 0.717) is 23.7 Å². The first-order valence-corrected chi connectivity index (χ1v) is 12.8. The number of ether oxygens (including phenoxy) is 2. The lowest BCUT2D eigenvalue weighted by Crippen LogP contribution is -2.49. The lowest BCUT2D eigenvalue weighted by atomic mass is 10.0. The summed E-state index contributed by atoms with van der Waals surface area (Å²) in [4.78, 5) is 30.8. The van der Waals surface area contributed by atoms with Crippen molar-refractivity contribution in [2.45, 2.75) is 12.5 Å². The van der Waals surface area contributed by atoms with Gasteiger partial charge < -0.3 is 24.6 Å². The topological polar surface area (TPSA) is 71.1 Å². The summed E-state index contributed by atoms with van der Waals surface area (Å²) in [6, 6.07) is 14.1. The molecule has 0 saturated heterocycles. The van der Waals surface area contributed by atoms with Crippen molar-refractivity contribution in [2.75, 3.05) is 45.3 Å². The van der Waals surface area contributed by atoms with Crippen LogP contribution in [0.25, 0.3) is 0 Å². The van der Waals surface area contributed by atoms with Gasteiger partial charge in [0.05, 0.1) is 12.6 Å². The second-order valence-corrected chi connectivity index (χ2v) is 9.69. The van der Waals surface area contributed by atoms with Crippen LogP contribution in [0.3, 0.4) is 0 Å². The zero-order valence-electron chi connectivity index (χ0n) is 19.8. The van der Waals surface area contributed by atoms with Crippen LogP contribution in [-0.4, -0.2) is 61.7 Å². The van der Waals surface area contributed by atoms with Crippen molar-refractivity contribution in [1.29, 1.82) is 0 Å². The molecule has 3 amide bonds. The van der Waals surface area contributed by atoms with E-state index in [4.69, 9.17) is 21.1 Å². The fourth-order valence-corrected chi connectivity index (χ4v) is 5.20. The van der Waals surface area contributed by atoms with Gasteiger partial charge in [0, 0.05) is 35.8 Å². The van der Waals surface area contributed by atoms with E-state index in [1.54, 1.807) is 58.7 Å². The Hall–Kier alpha value is -3.14. The van der Waals surface area contributed by atoms with E-state index in [0.717, 1.165) is 5.56 Å². The van der Waals surface area contributed by atoms with E-state index in [9.17, 15) is 14.0 Å². The maximum atomic E-state index is 14.1. The van der Waals surface area contributed by atoms with Gasteiger partial charge in [-0.3, -0.25) is 4.79 Å². The number of halogens is 2. The number of hydrogen-bond donors (Lipinski definition) is 1. The Bertz CT molecular complexity index is 1210. The quantitative estimate of drug-likeness (QED) is 0.410. The maximum absolute atomic E-state index is 14.1. The molecule has 1 aliphatic rings. The van der Waals surface area contributed by atoms with Crippen LogP contribution in [0.5, 0.6) is 5.75 Å². The van der Waals surface area contributed by atoms with E-state index in [1.807, 2.05) is 11.4 Å². The smallest absolute Gasteiger partial charge is 0.322 e. The van der Waals surface area contributed by atoms with Crippen LogP contribution >= 0.6 is 22.9 Å². The Morgan fingerprint density at radius 3 is 2.83 bits per heavy atom. The lowest BCUT2D eigenvalue weighted by Gasteiger charge is -2.37. The molecule has 1 aliphatic heterocycles. The van der Waals surface area contributed by atoms with Gasteiger partial charge in [0.2, 0.25) is 5.91 Å². The number of carbonyl (C=O) groups excluding carboxylic acids is 2. The molecule has 0 saturated carbocycles. The first-order chi connectivity index (χ1) is 17.5. The van der Waals surface area contributed by atoms with Crippen LogP contribution in [0.4, 0.5) is 14.9 Å². The minimum absolute atomic E-state index is 0.100. The van der Waals surface area contributed by atoms with Gasteiger partial charge in [-0.05, 0) is 53.8 Å². The van der Waals surface area contributed by atoms with Gasteiger partial charge in [-0.2, -0.15) is 0 Å². The molecule has 1 atom stereocenters. The molecule has 0 aliphatic carbocycles. The standard InChI is InChI=1S/C26H27ClFN3O4S/c1-34-13-12-30(26(33)29-19-6-4-5-18(27)15-19)16-25(32)31-11-9-24-20(10-14-36-24)22(31)17-35-23-8-3-2-7-21(23)28/h2-8,10,14-15,22H,9,11-13,16-17H2,1H3,(H,29,33). The summed E-state index contributed by atoms with van der Waals surface area (Å²) in [7, 11) is 1.54. The van der Waals surface area contributed by atoms with Gasteiger partial charge in [-0.25, -0.2) is 9.18 Å². The molecule has 0 radical (unpaired) electrons. The number of para-hydroxylation sites is 1. The van der Waals surface area contributed by atoms with E-state index in [1.165, 1.54) is 23.0 Å². The van der Waals surface area contributed by atoms with Crippen molar-refractivity contribution in [3.05, 3.63) is 81.3 Å². The SMILES string of the molecule is COCCN(CC(=O)N1CCc2sccc2C1COc1ccccc1F)C(=O)Nc1cccc(Cl)c1. The highest BCUT2D eigenvalue weighted by molar-refractivity contribution is 7.10. The fourth-order valence-electron chi connectivity index (χ4n) is 4.08. The van der Waals surface area contributed by atoms with E-state index in [2.05, 4.69) is 5.32 Å². The Morgan fingerprint density at radius 2 is 2.06 bits per heavy atom. The van der Waals surface area contributed by atoms with Crippen LogP contribution in [0, 0.1) is 5.82 Å². The van der Waals surface area contributed by atoms with Crippen LogP contribution in [0.15, 0.2) is 60.0 Å². The molecule has 10 heteroatoms. The molecule has 0 fully saturated rings. The number of rotatable bonds is 9. The molecule has 190 valence electrons. The summed E-state index contributed by atoms with van der Waals surface area (Å²) in [6.45, 7) is 0.924. The summed E-state index contributed by atoms with van der Waals surface area (Å²) < 4.78 is 25.1. The average Bonchev–Trinajstić information content (AvgIpc) is 3.35. The van der Waals surface area contributed by atoms with Gasteiger partial charge in [0.1, 0.15) is 13.2 Å². The van der Waals surface area contributed by atoms with Crippen LogP contribution in [-0.2, 0) is 16.0 Å². The highest BCUT2D eigenvalue weighted by Gasteiger charge is 2.33. The lowest BCUT2D eigenvalue weighted by molar-refractivity contribution is -0.135. The number of thiophene rings is 1. The third kappa shape index (κ3) is 6.34. The van der Waals surface area contributed by atoms with Gasteiger partial charge in [-0.1, -0.05) is 29.8 Å². The molecular weight excluding hydrogens is 505 g/mol. The summed E-state index contributed by atoms with van der Waals surface area (Å²) in [6.07, 6.45) is 0.710. The van der Waals surface area contributed by atoms with Crippen molar-refractivity contribution in [3.63, 3.8) is 0 Å². The zero-order chi connectivity index (χ0) is 25.5. The normalized spacial score (nSPS) is 14.8. The van der Waals surface area contributed by atoms with Crippen LogP contribution in [0.1, 0.15) is 16.5 Å². The maximum Gasteiger partial charge on any atom is 0.322 e. The molecule has 0 bridgehead atoms. The van der Waals surface area contributed by atoms with Crippen molar-refractivity contribution in [2.24, 2.45) is 0 Å². The van der Waals surface area contributed by atoms with Crippen molar-refractivity contribution < 1.29 is 23.5 Å². The van der Waals surface area contributed by atoms with Crippen LogP contribution < -0.4 is 10.1 Å². The number of carbonyl (C=O) groups is 2. The van der Waals surface area contributed by atoms with Gasteiger partial charge in [0.15, 0.2) is 11.6 Å². The van der Waals surface area contributed by atoms with Crippen LogP contribution in [0.2, 0.25) is 5.02 Å².